The molecule has 2 aromatic carbocycles. The first-order valence-corrected chi connectivity index (χ1v) is 13.3. The number of nitrogens with zero attached hydrogens (tertiary/aromatic N) is 3. The Morgan fingerprint density at radius 2 is 1.76 bits per heavy atom. The van der Waals surface area contributed by atoms with Gasteiger partial charge in [-0.2, -0.15) is 0 Å². The summed E-state index contributed by atoms with van der Waals surface area (Å²) in [6.45, 7) is 8.89. The fraction of sp³-hybridized carbons (Fsp3) is 0.258. The van der Waals surface area contributed by atoms with Gasteiger partial charge >= 0.3 is 0 Å². The molecule has 0 spiro atoms. The molecule has 1 saturated heterocycles. The molecule has 0 unspecified atom stereocenters. The molecule has 2 atom stereocenters. The zero-order chi connectivity index (χ0) is 26.8. The van der Waals surface area contributed by atoms with Crippen molar-refractivity contribution in [2.75, 3.05) is 11.9 Å². The standard InChI is InChI=1S/C31H33N5OS/c1-20-11-13-25(14-12-20)36-22(3)19-26(23(36)4)30-29(27-10-5-6-16-32-27)34-31(38)35(30)17-15-28(37)33-24-9-7-8-21(2)18-24/h5-14,16,18-19,29-30H,15,17H2,1-4H3,(H,33,37)(H,34,38)/t29-,30+/m0/s1. The van der Waals surface area contributed by atoms with Crippen molar-refractivity contribution in [2.45, 2.75) is 46.2 Å². The number of carbonyl (C=O) groups excluding carboxylic acids is 1. The molecule has 1 amide bonds. The minimum Gasteiger partial charge on any atom is -0.352 e. The molecule has 4 aromatic rings. The maximum atomic E-state index is 12.9. The normalized spacial score (nSPS) is 16.9. The molecule has 0 aliphatic carbocycles. The van der Waals surface area contributed by atoms with Gasteiger partial charge in [0, 0.05) is 41.9 Å². The SMILES string of the molecule is Cc1ccc(-n2c(C)cc([C@@H]3[C@H](c4ccccn4)NC(=S)N3CCC(=O)Nc3cccc(C)c3)c2C)cc1. The third kappa shape index (κ3) is 5.20. The molecule has 2 N–H and O–H groups in total. The molecule has 194 valence electrons. The van der Waals surface area contributed by atoms with Gasteiger partial charge < -0.3 is 20.1 Å². The lowest BCUT2D eigenvalue weighted by molar-refractivity contribution is -0.116. The van der Waals surface area contributed by atoms with E-state index in [9.17, 15) is 4.79 Å². The fourth-order valence-electron chi connectivity index (χ4n) is 5.33. The van der Waals surface area contributed by atoms with Crippen molar-refractivity contribution in [3.63, 3.8) is 0 Å². The zero-order valence-electron chi connectivity index (χ0n) is 22.2. The number of aromatic nitrogens is 2. The van der Waals surface area contributed by atoms with Crippen LogP contribution in [0.25, 0.3) is 5.69 Å². The largest absolute Gasteiger partial charge is 0.352 e. The summed E-state index contributed by atoms with van der Waals surface area (Å²) in [7, 11) is 0. The van der Waals surface area contributed by atoms with E-state index in [0.29, 0.717) is 18.1 Å². The average Bonchev–Trinajstić information content (AvgIpc) is 3.38. The van der Waals surface area contributed by atoms with E-state index in [2.05, 4.69) is 76.2 Å². The van der Waals surface area contributed by atoms with E-state index >= 15 is 0 Å². The predicted molar refractivity (Wildman–Crippen MR) is 157 cm³/mol. The Morgan fingerprint density at radius 3 is 2.47 bits per heavy atom. The van der Waals surface area contributed by atoms with Gasteiger partial charge in [-0.1, -0.05) is 35.9 Å². The van der Waals surface area contributed by atoms with Gasteiger partial charge in [0.05, 0.1) is 17.8 Å². The quantitative estimate of drug-likeness (QED) is 0.286. The molecular formula is C31H33N5OS. The molecule has 38 heavy (non-hydrogen) atoms. The molecule has 3 heterocycles. The highest BCUT2D eigenvalue weighted by Gasteiger charge is 2.41. The molecule has 1 aliphatic rings. The molecular weight excluding hydrogens is 490 g/mol. The van der Waals surface area contributed by atoms with Gasteiger partial charge in [0.2, 0.25) is 5.91 Å². The lowest BCUT2D eigenvalue weighted by atomic mass is 9.96. The lowest BCUT2D eigenvalue weighted by Gasteiger charge is -2.28. The number of hydrogen-bond donors (Lipinski definition) is 2. The summed E-state index contributed by atoms with van der Waals surface area (Å²) < 4.78 is 2.29. The van der Waals surface area contributed by atoms with Crippen LogP contribution in [-0.2, 0) is 4.79 Å². The Morgan fingerprint density at radius 1 is 0.974 bits per heavy atom. The predicted octanol–water partition coefficient (Wildman–Crippen LogP) is 6.11. The minimum absolute atomic E-state index is 0.0384. The van der Waals surface area contributed by atoms with Crippen molar-refractivity contribution in [1.82, 2.24) is 19.8 Å². The second kappa shape index (κ2) is 10.8. The molecule has 2 aromatic heterocycles. The van der Waals surface area contributed by atoms with E-state index in [1.165, 1.54) is 11.1 Å². The number of benzene rings is 2. The molecule has 5 rings (SSSR count). The lowest BCUT2D eigenvalue weighted by Crippen LogP contribution is -2.32. The number of hydrogen-bond acceptors (Lipinski definition) is 3. The number of carbonyl (C=O) groups is 1. The highest BCUT2D eigenvalue weighted by Crippen LogP contribution is 2.41. The second-order valence-corrected chi connectivity index (χ2v) is 10.4. The molecule has 0 saturated carbocycles. The Labute approximate surface area is 229 Å². The van der Waals surface area contributed by atoms with Crippen LogP contribution in [0.1, 0.15) is 52.3 Å². The van der Waals surface area contributed by atoms with Crippen LogP contribution >= 0.6 is 12.2 Å². The second-order valence-electron chi connectivity index (χ2n) is 9.99. The van der Waals surface area contributed by atoms with Crippen molar-refractivity contribution in [3.8, 4) is 5.69 Å². The van der Waals surface area contributed by atoms with Crippen LogP contribution < -0.4 is 10.6 Å². The number of nitrogens with one attached hydrogen (secondary N) is 2. The summed E-state index contributed by atoms with van der Waals surface area (Å²) in [5.74, 6) is -0.0384. The number of amides is 1. The Hall–Kier alpha value is -3.97. The number of thiocarbonyl (C=S) groups is 1. The van der Waals surface area contributed by atoms with E-state index < -0.39 is 0 Å². The van der Waals surface area contributed by atoms with Gasteiger partial charge in [0.1, 0.15) is 0 Å². The first-order valence-electron chi connectivity index (χ1n) is 12.9. The van der Waals surface area contributed by atoms with Crippen molar-refractivity contribution in [1.29, 1.82) is 0 Å². The van der Waals surface area contributed by atoms with E-state index in [0.717, 1.165) is 34.0 Å². The van der Waals surface area contributed by atoms with Gasteiger partial charge in [-0.3, -0.25) is 9.78 Å². The average molecular weight is 524 g/mol. The van der Waals surface area contributed by atoms with Crippen molar-refractivity contribution in [2.24, 2.45) is 0 Å². The van der Waals surface area contributed by atoms with Crippen LogP contribution in [0.2, 0.25) is 0 Å². The number of rotatable bonds is 7. The first-order chi connectivity index (χ1) is 18.3. The monoisotopic (exact) mass is 523 g/mol. The van der Waals surface area contributed by atoms with E-state index in [-0.39, 0.29) is 18.0 Å². The van der Waals surface area contributed by atoms with Crippen LogP contribution in [0.15, 0.2) is 79.0 Å². The van der Waals surface area contributed by atoms with E-state index in [4.69, 9.17) is 12.2 Å². The van der Waals surface area contributed by atoms with E-state index in [1.807, 2.05) is 55.6 Å². The Bertz CT molecular complexity index is 1460. The number of anilines is 1. The number of pyridine rings is 1. The Balaban J connectivity index is 1.46. The summed E-state index contributed by atoms with van der Waals surface area (Å²) >= 11 is 5.83. The van der Waals surface area contributed by atoms with Gasteiger partial charge in [-0.25, -0.2) is 0 Å². The van der Waals surface area contributed by atoms with Crippen LogP contribution in [0.5, 0.6) is 0 Å². The van der Waals surface area contributed by atoms with Crippen LogP contribution in [0.3, 0.4) is 0 Å². The van der Waals surface area contributed by atoms with Gasteiger partial charge in [0.15, 0.2) is 5.11 Å². The van der Waals surface area contributed by atoms with Gasteiger partial charge in [-0.15, -0.1) is 0 Å². The van der Waals surface area contributed by atoms with Gasteiger partial charge in [0.25, 0.3) is 0 Å². The summed E-state index contributed by atoms with van der Waals surface area (Å²) in [4.78, 5) is 19.7. The minimum atomic E-state index is -0.129. The third-order valence-electron chi connectivity index (χ3n) is 7.16. The van der Waals surface area contributed by atoms with Crippen molar-refractivity contribution >= 4 is 28.9 Å². The Kier molecular flexibility index (Phi) is 7.29. The molecule has 0 bridgehead atoms. The summed E-state index contributed by atoms with van der Waals surface area (Å²) in [6, 6.07) is 24.4. The van der Waals surface area contributed by atoms with E-state index in [1.54, 1.807) is 0 Å². The van der Waals surface area contributed by atoms with Crippen molar-refractivity contribution < 1.29 is 4.79 Å². The number of aryl methyl sites for hydroxylation is 3. The maximum Gasteiger partial charge on any atom is 0.226 e. The molecule has 1 aliphatic heterocycles. The van der Waals surface area contributed by atoms with Gasteiger partial charge in [-0.05, 0) is 93.5 Å². The maximum absolute atomic E-state index is 12.9. The smallest absolute Gasteiger partial charge is 0.226 e. The van der Waals surface area contributed by atoms with Crippen molar-refractivity contribution in [3.05, 3.63) is 113 Å². The molecule has 7 heteroatoms. The fourth-order valence-corrected chi connectivity index (χ4v) is 5.66. The highest BCUT2D eigenvalue weighted by molar-refractivity contribution is 7.80. The summed E-state index contributed by atoms with van der Waals surface area (Å²) in [5.41, 5.74) is 8.67. The molecule has 1 fully saturated rings. The third-order valence-corrected chi connectivity index (χ3v) is 7.51. The van der Waals surface area contributed by atoms with Crippen LogP contribution in [0, 0.1) is 27.7 Å². The summed E-state index contributed by atoms with van der Waals surface area (Å²) in [5, 5.41) is 7.16. The molecule has 6 nitrogen and oxygen atoms in total. The topological polar surface area (TPSA) is 62.2 Å². The van der Waals surface area contributed by atoms with Crippen LogP contribution in [0.4, 0.5) is 5.69 Å². The first kappa shape index (κ1) is 25.7. The highest BCUT2D eigenvalue weighted by atomic mass is 32.1. The molecule has 0 radical (unpaired) electrons. The van der Waals surface area contributed by atoms with Crippen LogP contribution in [-0.4, -0.2) is 32.0 Å². The summed E-state index contributed by atoms with van der Waals surface area (Å²) in [6.07, 6.45) is 2.13. The zero-order valence-corrected chi connectivity index (χ0v) is 23.0.